The number of hydrogen-bond acceptors (Lipinski definition) is 5. The van der Waals surface area contributed by atoms with Crippen molar-refractivity contribution in [2.75, 3.05) is 39.3 Å². The number of piperidine rings is 1. The normalized spacial score (nSPS) is 20.2. The molecule has 2 saturated heterocycles. The van der Waals surface area contributed by atoms with E-state index >= 15 is 0 Å². The Balaban J connectivity index is 1.27. The van der Waals surface area contributed by atoms with E-state index in [1.165, 1.54) is 12.0 Å². The molecule has 0 spiro atoms. The lowest BCUT2D eigenvalue weighted by atomic mass is 10.1. The number of amides is 1. The molecule has 2 aromatic rings. The number of rotatable bonds is 5. The van der Waals surface area contributed by atoms with E-state index < -0.39 is 0 Å². The van der Waals surface area contributed by atoms with Crippen LogP contribution in [0.5, 0.6) is 0 Å². The Morgan fingerprint density at radius 1 is 1.04 bits per heavy atom. The Morgan fingerprint density at radius 3 is 2.46 bits per heavy atom. The van der Waals surface area contributed by atoms with E-state index in [0.717, 1.165) is 69.4 Å². The van der Waals surface area contributed by atoms with Crippen LogP contribution in [0.25, 0.3) is 10.6 Å². The van der Waals surface area contributed by atoms with Crippen LogP contribution in [0.3, 0.4) is 0 Å². The molecule has 0 N–H and O–H groups in total. The minimum absolute atomic E-state index is 0.00389. The third kappa shape index (κ3) is 4.62. The number of hydrogen-bond donors (Lipinski definition) is 0. The Bertz CT molecular complexity index is 764. The molecule has 2 aliphatic rings. The molecular weight excluding hydrogens is 368 g/mol. The van der Waals surface area contributed by atoms with Crippen molar-refractivity contribution in [3.05, 3.63) is 41.4 Å². The number of benzene rings is 1. The van der Waals surface area contributed by atoms with Crippen LogP contribution in [0, 0.1) is 0 Å². The van der Waals surface area contributed by atoms with Crippen molar-refractivity contribution < 1.29 is 4.79 Å². The Labute approximate surface area is 172 Å². The van der Waals surface area contributed by atoms with E-state index in [-0.39, 0.29) is 6.04 Å². The predicted molar refractivity (Wildman–Crippen MR) is 114 cm³/mol. The molecule has 1 aromatic heterocycles. The summed E-state index contributed by atoms with van der Waals surface area (Å²) in [5.74, 6) is 0.320. The number of carbonyl (C=O) groups is 1. The molecule has 6 heteroatoms. The first-order valence-electron chi connectivity index (χ1n) is 10.5. The summed E-state index contributed by atoms with van der Waals surface area (Å²) in [4.78, 5) is 24.5. The summed E-state index contributed by atoms with van der Waals surface area (Å²) < 4.78 is 0. The van der Waals surface area contributed by atoms with Gasteiger partial charge in [-0.15, -0.1) is 11.3 Å². The number of likely N-dealkylation sites (tertiary alicyclic amines) is 1. The zero-order valence-electron chi connectivity index (χ0n) is 16.7. The van der Waals surface area contributed by atoms with Gasteiger partial charge in [-0.25, -0.2) is 4.98 Å². The minimum Gasteiger partial charge on any atom is -0.341 e. The van der Waals surface area contributed by atoms with E-state index in [1.807, 2.05) is 6.07 Å². The zero-order chi connectivity index (χ0) is 19.3. The van der Waals surface area contributed by atoms with E-state index in [9.17, 15) is 4.79 Å². The van der Waals surface area contributed by atoms with Crippen molar-refractivity contribution in [2.45, 2.75) is 38.8 Å². The molecule has 0 saturated carbocycles. The predicted octanol–water partition coefficient (Wildman–Crippen LogP) is 3.33. The highest BCUT2D eigenvalue weighted by atomic mass is 32.1. The van der Waals surface area contributed by atoms with E-state index in [0.29, 0.717) is 5.91 Å². The van der Waals surface area contributed by atoms with Crippen LogP contribution in [0.2, 0.25) is 0 Å². The summed E-state index contributed by atoms with van der Waals surface area (Å²) in [5, 5.41) is 3.27. The average Bonchev–Trinajstić information content (AvgIpc) is 3.23. The fourth-order valence-corrected chi connectivity index (χ4v) is 4.98. The smallest absolute Gasteiger partial charge is 0.239 e. The van der Waals surface area contributed by atoms with Crippen LogP contribution < -0.4 is 0 Å². The van der Waals surface area contributed by atoms with Crippen LogP contribution in [0.1, 0.15) is 31.9 Å². The maximum Gasteiger partial charge on any atom is 0.239 e. The summed E-state index contributed by atoms with van der Waals surface area (Å²) in [5.41, 5.74) is 2.34. The molecule has 150 valence electrons. The largest absolute Gasteiger partial charge is 0.341 e. The second kappa shape index (κ2) is 9.16. The van der Waals surface area contributed by atoms with Crippen LogP contribution in [-0.2, 0) is 11.3 Å². The van der Waals surface area contributed by atoms with Crippen LogP contribution >= 0.6 is 11.3 Å². The van der Waals surface area contributed by atoms with Gasteiger partial charge in [0, 0.05) is 56.8 Å². The molecule has 2 fully saturated rings. The number of nitrogens with zero attached hydrogens (tertiary/aromatic N) is 4. The number of piperazine rings is 1. The first-order chi connectivity index (χ1) is 13.7. The van der Waals surface area contributed by atoms with Crippen molar-refractivity contribution in [1.82, 2.24) is 19.7 Å². The molecule has 3 heterocycles. The highest BCUT2D eigenvalue weighted by Gasteiger charge is 2.29. The van der Waals surface area contributed by atoms with Gasteiger partial charge in [0.25, 0.3) is 0 Å². The first kappa shape index (κ1) is 19.6. The number of thiazole rings is 1. The van der Waals surface area contributed by atoms with Crippen molar-refractivity contribution in [3.63, 3.8) is 0 Å². The monoisotopic (exact) mass is 398 g/mol. The van der Waals surface area contributed by atoms with Gasteiger partial charge in [0.1, 0.15) is 5.01 Å². The fourth-order valence-electron chi connectivity index (χ4n) is 4.17. The van der Waals surface area contributed by atoms with Gasteiger partial charge in [0.05, 0.1) is 11.7 Å². The summed E-state index contributed by atoms with van der Waals surface area (Å²) in [6, 6.07) is 10.4. The lowest BCUT2D eigenvalue weighted by Gasteiger charge is -2.39. The Kier molecular flexibility index (Phi) is 6.40. The fraction of sp³-hybridized carbons (Fsp3) is 0.545. The van der Waals surface area contributed by atoms with Crippen molar-refractivity contribution in [1.29, 1.82) is 0 Å². The number of carbonyl (C=O) groups excluding carboxylic acids is 1. The molecule has 2 aliphatic heterocycles. The molecule has 1 aromatic carbocycles. The molecule has 1 atom stereocenters. The van der Waals surface area contributed by atoms with Crippen molar-refractivity contribution in [2.24, 2.45) is 0 Å². The quantitative estimate of drug-likeness (QED) is 0.775. The second-order valence-corrected chi connectivity index (χ2v) is 8.74. The molecule has 0 radical (unpaired) electrons. The average molecular weight is 399 g/mol. The molecule has 1 amide bonds. The van der Waals surface area contributed by atoms with Gasteiger partial charge in [-0.05, 0) is 26.2 Å². The lowest BCUT2D eigenvalue weighted by molar-refractivity contribution is -0.138. The van der Waals surface area contributed by atoms with Gasteiger partial charge < -0.3 is 4.90 Å². The molecule has 5 nitrogen and oxygen atoms in total. The van der Waals surface area contributed by atoms with Crippen LogP contribution in [-0.4, -0.2) is 70.9 Å². The maximum absolute atomic E-state index is 12.8. The topological polar surface area (TPSA) is 39.7 Å². The molecular formula is C22H30N4OS. The molecule has 1 unspecified atom stereocenters. The van der Waals surface area contributed by atoms with Crippen LogP contribution in [0.15, 0.2) is 35.7 Å². The van der Waals surface area contributed by atoms with E-state index in [4.69, 9.17) is 4.98 Å². The standard InChI is InChI=1S/C22H30N4OS/c1-18(22(27)26-10-6-3-7-11-26)25-14-12-24(13-15-25)16-20-17-28-21(23-20)19-8-4-2-5-9-19/h2,4-5,8-9,17-18H,3,6-7,10-16H2,1H3. The molecule has 4 rings (SSSR count). The lowest BCUT2D eigenvalue weighted by Crippen LogP contribution is -2.54. The molecule has 28 heavy (non-hydrogen) atoms. The Morgan fingerprint density at radius 2 is 1.75 bits per heavy atom. The summed E-state index contributed by atoms with van der Waals surface area (Å²) >= 11 is 1.72. The SMILES string of the molecule is CC(C(=O)N1CCCCC1)N1CCN(Cc2csc(-c3ccccc3)n2)CC1. The summed E-state index contributed by atoms with van der Waals surface area (Å²) in [7, 11) is 0. The maximum atomic E-state index is 12.8. The first-order valence-corrected chi connectivity index (χ1v) is 11.3. The third-order valence-electron chi connectivity index (χ3n) is 5.94. The van der Waals surface area contributed by atoms with Gasteiger partial charge in [0.2, 0.25) is 5.91 Å². The third-order valence-corrected chi connectivity index (χ3v) is 6.88. The van der Waals surface area contributed by atoms with E-state index in [1.54, 1.807) is 11.3 Å². The molecule has 0 bridgehead atoms. The van der Waals surface area contributed by atoms with Gasteiger partial charge in [0.15, 0.2) is 0 Å². The highest BCUT2D eigenvalue weighted by Crippen LogP contribution is 2.24. The van der Waals surface area contributed by atoms with E-state index in [2.05, 4.69) is 51.3 Å². The highest BCUT2D eigenvalue weighted by molar-refractivity contribution is 7.13. The Hall–Kier alpha value is -1.76. The molecule has 0 aliphatic carbocycles. The van der Waals surface area contributed by atoms with Gasteiger partial charge in [-0.2, -0.15) is 0 Å². The van der Waals surface area contributed by atoms with Crippen molar-refractivity contribution >= 4 is 17.2 Å². The van der Waals surface area contributed by atoms with Crippen molar-refractivity contribution in [3.8, 4) is 10.6 Å². The van der Waals surface area contributed by atoms with Gasteiger partial charge in [-0.3, -0.25) is 14.6 Å². The summed E-state index contributed by atoms with van der Waals surface area (Å²) in [6.45, 7) is 8.76. The summed E-state index contributed by atoms with van der Waals surface area (Å²) in [6.07, 6.45) is 3.58. The number of aromatic nitrogens is 1. The van der Waals surface area contributed by atoms with Gasteiger partial charge in [-0.1, -0.05) is 30.3 Å². The minimum atomic E-state index is 0.00389. The second-order valence-electron chi connectivity index (χ2n) is 7.88. The van der Waals surface area contributed by atoms with Crippen LogP contribution in [0.4, 0.5) is 0 Å². The zero-order valence-corrected chi connectivity index (χ0v) is 17.5. The van der Waals surface area contributed by atoms with Gasteiger partial charge >= 0.3 is 0 Å².